The lowest BCUT2D eigenvalue weighted by atomic mass is 10.2. The van der Waals surface area contributed by atoms with Crippen molar-refractivity contribution in [3.05, 3.63) is 36.5 Å². The van der Waals surface area contributed by atoms with E-state index in [9.17, 15) is 4.79 Å². The number of hydrogen-bond donors (Lipinski definition) is 4. The number of carbonyl (C=O) groups excluding carboxylic acids is 1. The molecule has 4 rings (SSSR count). The highest BCUT2D eigenvalue weighted by atomic mass is 16.5. The molecule has 0 bridgehead atoms. The molecule has 4 N–H and O–H groups in total. The van der Waals surface area contributed by atoms with Crippen LogP contribution in [-0.2, 0) is 4.74 Å². The van der Waals surface area contributed by atoms with E-state index in [1.165, 1.54) is 0 Å². The summed E-state index contributed by atoms with van der Waals surface area (Å²) in [6.45, 7) is 3.36. The van der Waals surface area contributed by atoms with Crippen LogP contribution < -0.4 is 15.5 Å². The molecule has 1 aliphatic heterocycles. The van der Waals surface area contributed by atoms with Crippen LogP contribution in [0.2, 0.25) is 0 Å². The summed E-state index contributed by atoms with van der Waals surface area (Å²) in [6.07, 6.45) is 2.38. The van der Waals surface area contributed by atoms with Gasteiger partial charge in [0.05, 0.1) is 18.7 Å². The van der Waals surface area contributed by atoms with E-state index >= 15 is 0 Å². The summed E-state index contributed by atoms with van der Waals surface area (Å²) in [5, 5.41) is 14.3. The maximum atomic E-state index is 12.0. The molecule has 1 saturated heterocycles. The van der Waals surface area contributed by atoms with Gasteiger partial charge in [0.15, 0.2) is 11.6 Å². The van der Waals surface area contributed by atoms with Gasteiger partial charge in [0.1, 0.15) is 5.52 Å². The highest BCUT2D eigenvalue weighted by Gasteiger charge is 2.18. The van der Waals surface area contributed by atoms with Gasteiger partial charge in [0.25, 0.3) is 0 Å². The van der Waals surface area contributed by atoms with Gasteiger partial charge in [-0.1, -0.05) is 12.1 Å². The maximum absolute atomic E-state index is 12.0. The minimum absolute atomic E-state index is 0.0419. The Morgan fingerprint density at radius 1 is 1.24 bits per heavy atom. The average Bonchev–Trinajstić information content (AvgIpc) is 3.23. The van der Waals surface area contributed by atoms with Crippen molar-refractivity contribution in [2.75, 3.05) is 49.7 Å². The molecular formula is C20H24N6O3. The number of H-pyrrole nitrogens is 1. The fourth-order valence-corrected chi connectivity index (χ4v) is 3.25. The molecule has 0 spiro atoms. The second-order valence-corrected chi connectivity index (χ2v) is 6.75. The molecule has 0 aliphatic carbocycles. The summed E-state index contributed by atoms with van der Waals surface area (Å²) >= 11 is 0. The number of hydrogen-bond acceptors (Lipinski definition) is 6. The molecule has 29 heavy (non-hydrogen) atoms. The number of rotatable bonds is 6. The Morgan fingerprint density at radius 2 is 2.10 bits per heavy atom. The van der Waals surface area contributed by atoms with Gasteiger partial charge in [-0.05, 0) is 24.6 Å². The van der Waals surface area contributed by atoms with E-state index in [0.717, 1.165) is 35.5 Å². The van der Waals surface area contributed by atoms with Gasteiger partial charge in [-0.2, -0.15) is 0 Å². The van der Waals surface area contributed by atoms with E-state index in [-0.39, 0.29) is 12.6 Å². The first kappa shape index (κ1) is 19.2. The summed E-state index contributed by atoms with van der Waals surface area (Å²) in [5.74, 6) is 1.46. The van der Waals surface area contributed by atoms with E-state index in [1.54, 1.807) is 0 Å². The number of ether oxygens (including phenoxy) is 1. The number of anilines is 2. The van der Waals surface area contributed by atoms with Crippen LogP contribution in [0.15, 0.2) is 36.5 Å². The van der Waals surface area contributed by atoms with Crippen LogP contribution in [-0.4, -0.2) is 65.5 Å². The number of carbonyl (C=O) groups is 1. The van der Waals surface area contributed by atoms with E-state index in [4.69, 9.17) is 14.8 Å². The normalized spacial score (nSPS) is 14.2. The Balaban J connectivity index is 1.60. The molecule has 2 aromatic heterocycles. The molecule has 9 heteroatoms. The molecule has 2 amide bonds. The number of aliphatic hydroxyl groups excluding tert-OH is 1. The molecular weight excluding hydrogens is 372 g/mol. The van der Waals surface area contributed by atoms with Gasteiger partial charge in [-0.15, -0.1) is 0 Å². The Kier molecular flexibility index (Phi) is 5.87. The lowest BCUT2D eigenvalue weighted by Crippen LogP contribution is -2.37. The standard InChI is InChI=1S/C20H24N6O3/c27-10-2-6-22-20(28)23-15-4-1-3-14(13-15)18-24-16-5-7-21-17(16)19(25-18)26-8-11-29-12-9-26/h1,3-5,7,13,21,27H,2,6,8-12H2,(H2,22,23,28). The molecule has 0 atom stereocenters. The minimum Gasteiger partial charge on any atom is -0.396 e. The fraction of sp³-hybridized carbons (Fsp3) is 0.350. The zero-order valence-electron chi connectivity index (χ0n) is 16.0. The monoisotopic (exact) mass is 396 g/mol. The first-order valence-electron chi connectivity index (χ1n) is 9.68. The SMILES string of the molecule is O=C(NCCCO)Nc1cccc(-c2nc(N3CCOCC3)c3[nH]ccc3n2)c1. The molecule has 0 saturated carbocycles. The fourth-order valence-electron chi connectivity index (χ4n) is 3.25. The molecule has 3 heterocycles. The third-order valence-corrected chi connectivity index (χ3v) is 4.70. The summed E-state index contributed by atoms with van der Waals surface area (Å²) in [4.78, 5) is 26.9. The largest absolute Gasteiger partial charge is 0.396 e. The predicted molar refractivity (Wildman–Crippen MR) is 111 cm³/mol. The maximum Gasteiger partial charge on any atom is 0.319 e. The van der Waals surface area contributed by atoms with E-state index in [2.05, 4.69) is 25.5 Å². The zero-order chi connectivity index (χ0) is 20.1. The highest BCUT2D eigenvalue weighted by Crippen LogP contribution is 2.28. The molecule has 1 aliphatic rings. The van der Waals surface area contributed by atoms with Crippen molar-refractivity contribution >= 4 is 28.6 Å². The Hall–Kier alpha value is -3.17. The number of morpholine rings is 1. The first-order valence-corrected chi connectivity index (χ1v) is 9.68. The molecule has 1 fully saturated rings. The molecule has 0 radical (unpaired) electrons. The van der Waals surface area contributed by atoms with Crippen LogP contribution in [0, 0.1) is 0 Å². The summed E-state index contributed by atoms with van der Waals surface area (Å²) in [6, 6.07) is 9.06. The smallest absolute Gasteiger partial charge is 0.319 e. The van der Waals surface area contributed by atoms with E-state index in [0.29, 0.717) is 37.7 Å². The highest BCUT2D eigenvalue weighted by molar-refractivity contribution is 5.91. The molecule has 9 nitrogen and oxygen atoms in total. The quantitative estimate of drug-likeness (QED) is 0.474. The van der Waals surface area contributed by atoms with Crippen molar-refractivity contribution in [3.8, 4) is 11.4 Å². The van der Waals surface area contributed by atoms with Crippen molar-refractivity contribution in [3.63, 3.8) is 0 Å². The second kappa shape index (κ2) is 8.89. The minimum atomic E-state index is -0.313. The van der Waals surface area contributed by atoms with Gasteiger partial charge >= 0.3 is 6.03 Å². The van der Waals surface area contributed by atoms with Gasteiger partial charge in [0.2, 0.25) is 0 Å². The van der Waals surface area contributed by atoms with Gasteiger partial charge < -0.3 is 30.4 Å². The second-order valence-electron chi connectivity index (χ2n) is 6.75. The van der Waals surface area contributed by atoms with E-state index in [1.807, 2.05) is 36.5 Å². The first-order chi connectivity index (χ1) is 14.2. The van der Waals surface area contributed by atoms with Crippen molar-refractivity contribution in [2.45, 2.75) is 6.42 Å². The van der Waals surface area contributed by atoms with Crippen LogP contribution in [0.25, 0.3) is 22.4 Å². The number of aliphatic hydroxyl groups is 1. The number of fused-ring (bicyclic) bond motifs is 1. The lowest BCUT2D eigenvalue weighted by molar-refractivity contribution is 0.122. The zero-order valence-corrected chi connectivity index (χ0v) is 16.0. The third kappa shape index (κ3) is 4.47. The van der Waals surface area contributed by atoms with Gasteiger partial charge in [-0.25, -0.2) is 14.8 Å². The average molecular weight is 396 g/mol. The number of nitrogens with zero attached hydrogens (tertiary/aromatic N) is 3. The van der Waals surface area contributed by atoms with Crippen LogP contribution >= 0.6 is 0 Å². The van der Waals surface area contributed by atoms with Crippen LogP contribution in [0.1, 0.15) is 6.42 Å². The molecule has 1 aromatic carbocycles. The Morgan fingerprint density at radius 3 is 2.93 bits per heavy atom. The number of urea groups is 1. The number of aromatic amines is 1. The van der Waals surface area contributed by atoms with Gasteiger partial charge in [0, 0.05) is 43.7 Å². The third-order valence-electron chi connectivity index (χ3n) is 4.70. The number of aromatic nitrogens is 3. The van der Waals surface area contributed by atoms with Crippen LogP contribution in [0.4, 0.5) is 16.3 Å². The predicted octanol–water partition coefficient (Wildman–Crippen LogP) is 1.97. The number of benzene rings is 1. The lowest BCUT2D eigenvalue weighted by Gasteiger charge is -2.28. The topological polar surface area (TPSA) is 115 Å². The van der Waals surface area contributed by atoms with E-state index < -0.39 is 0 Å². The Bertz CT molecular complexity index is 983. The van der Waals surface area contributed by atoms with Gasteiger partial charge in [-0.3, -0.25) is 0 Å². The number of nitrogens with one attached hydrogen (secondary N) is 3. The Labute approximate surface area is 168 Å². The number of amides is 2. The summed E-state index contributed by atoms with van der Waals surface area (Å²) in [7, 11) is 0. The summed E-state index contributed by atoms with van der Waals surface area (Å²) in [5.41, 5.74) is 3.22. The van der Waals surface area contributed by atoms with Crippen molar-refractivity contribution in [1.82, 2.24) is 20.3 Å². The molecule has 3 aromatic rings. The summed E-state index contributed by atoms with van der Waals surface area (Å²) < 4.78 is 5.46. The van der Waals surface area contributed by atoms with Crippen LogP contribution in [0.3, 0.4) is 0 Å². The molecule has 152 valence electrons. The van der Waals surface area contributed by atoms with Crippen molar-refractivity contribution in [2.24, 2.45) is 0 Å². The van der Waals surface area contributed by atoms with Crippen molar-refractivity contribution < 1.29 is 14.6 Å². The van der Waals surface area contributed by atoms with Crippen LogP contribution in [0.5, 0.6) is 0 Å². The van der Waals surface area contributed by atoms with Crippen molar-refractivity contribution in [1.29, 1.82) is 0 Å². The molecule has 0 unspecified atom stereocenters.